The standard InChI is InChI=1S/C30H39N3O5/c1-6-13-31-14-7-9-23-24(27(31)35)25-28(36)33(22(17-34)18(2)3)26-29(37)32(15-8-12-30(25,26)38-23)21-16-19(4)10-11-20(21)5/h7-12,16,18,22-26,34H,6,13-15,17H2,1-5H3/t22-,23+,24-,25-,26?,30-/m0/s1. The number of amides is 3. The number of anilines is 1. The number of aliphatic hydroxyl groups excluding tert-OH is 1. The molecule has 2 saturated heterocycles. The molecule has 204 valence electrons. The van der Waals surface area contributed by atoms with Crippen molar-refractivity contribution in [3.8, 4) is 0 Å². The third-order valence-corrected chi connectivity index (χ3v) is 8.64. The summed E-state index contributed by atoms with van der Waals surface area (Å²) in [6, 6.07) is 4.40. The lowest BCUT2D eigenvalue weighted by atomic mass is 9.77. The largest absolute Gasteiger partial charge is 0.394 e. The summed E-state index contributed by atoms with van der Waals surface area (Å²) in [6.07, 6.45) is 7.78. The van der Waals surface area contributed by atoms with Gasteiger partial charge in [-0.2, -0.15) is 0 Å². The summed E-state index contributed by atoms with van der Waals surface area (Å²) in [7, 11) is 0. The number of carbonyl (C=O) groups is 3. The van der Waals surface area contributed by atoms with Crippen LogP contribution in [0, 0.1) is 31.6 Å². The first-order valence-electron chi connectivity index (χ1n) is 13.8. The van der Waals surface area contributed by atoms with Crippen molar-refractivity contribution in [2.24, 2.45) is 17.8 Å². The van der Waals surface area contributed by atoms with Crippen LogP contribution in [-0.2, 0) is 19.1 Å². The number of aliphatic hydroxyl groups is 1. The zero-order valence-corrected chi connectivity index (χ0v) is 23.0. The molecular formula is C30H39N3O5. The maximum atomic E-state index is 14.6. The smallest absolute Gasteiger partial charge is 0.253 e. The number of nitrogens with zero attached hydrogens (tertiary/aromatic N) is 3. The number of benzene rings is 1. The van der Waals surface area contributed by atoms with E-state index >= 15 is 0 Å². The number of rotatable bonds is 6. The molecule has 0 aliphatic carbocycles. The summed E-state index contributed by atoms with van der Waals surface area (Å²) in [5.74, 6) is -2.34. The highest BCUT2D eigenvalue weighted by Gasteiger charge is 2.72. The first-order chi connectivity index (χ1) is 18.2. The number of hydrogen-bond acceptors (Lipinski definition) is 5. The second-order valence-corrected chi connectivity index (χ2v) is 11.4. The van der Waals surface area contributed by atoms with Crippen molar-refractivity contribution >= 4 is 23.4 Å². The van der Waals surface area contributed by atoms with Gasteiger partial charge in [-0.05, 0) is 43.4 Å². The molecule has 6 atom stereocenters. The van der Waals surface area contributed by atoms with Gasteiger partial charge in [-0.15, -0.1) is 0 Å². The van der Waals surface area contributed by atoms with Crippen LogP contribution in [0.25, 0.3) is 0 Å². The molecule has 1 aromatic carbocycles. The molecule has 38 heavy (non-hydrogen) atoms. The minimum atomic E-state index is -1.30. The van der Waals surface area contributed by atoms with Gasteiger partial charge in [0.2, 0.25) is 11.8 Å². The molecule has 0 bridgehead atoms. The van der Waals surface area contributed by atoms with Gasteiger partial charge in [0.25, 0.3) is 5.91 Å². The summed E-state index contributed by atoms with van der Waals surface area (Å²) in [5.41, 5.74) is 1.47. The Hall–Kier alpha value is -2.97. The van der Waals surface area contributed by atoms with E-state index in [1.807, 2.05) is 77.1 Å². The van der Waals surface area contributed by atoms with Crippen molar-refractivity contribution in [2.75, 3.05) is 31.1 Å². The van der Waals surface area contributed by atoms with Crippen LogP contribution in [0.5, 0.6) is 0 Å². The number of likely N-dealkylation sites (tertiary alicyclic amines) is 1. The van der Waals surface area contributed by atoms with E-state index in [4.69, 9.17) is 4.74 Å². The molecule has 5 rings (SSSR count). The van der Waals surface area contributed by atoms with Gasteiger partial charge >= 0.3 is 0 Å². The highest BCUT2D eigenvalue weighted by Crippen LogP contribution is 2.54. The van der Waals surface area contributed by atoms with Crippen molar-refractivity contribution in [3.63, 3.8) is 0 Å². The molecule has 1 N–H and O–H groups in total. The highest BCUT2D eigenvalue weighted by atomic mass is 16.5. The molecule has 1 spiro atoms. The molecule has 4 aliphatic rings. The van der Waals surface area contributed by atoms with Crippen molar-refractivity contribution in [1.82, 2.24) is 9.80 Å². The van der Waals surface area contributed by atoms with Gasteiger partial charge in [0.1, 0.15) is 11.6 Å². The van der Waals surface area contributed by atoms with Crippen LogP contribution >= 0.6 is 0 Å². The Morgan fingerprint density at radius 1 is 1.08 bits per heavy atom. The molecule has 0 saturated carbocycles. The van der Waals surface area contributed by atoms with Gasteiger partial charge in [-0.3, -0.25) is 14.4 Å². The molecule has 8 nitrogen and oxygen atoms in total. The normalized spacial score (nSPS) is 31.4. The first-order valence-corrected chi connectivity index (χ1v) is 13.8. The van der Waals surface area contributed by atoms with Crippen molar-refractivity contribution in [3.05, 3.63) is 53.6 Å². The van der Waals surface area contributed by atoms with E-state index in [0.29, 0.717) is 19.6 Å². The molecule has 2 fully saturated rings. The Bertz CT molecular complexity index is 1190. The Kier molecular flexibility index (Phi) is 6.99. The fraction of sp³-hybridized carbons (Fsp3) is 0.567. The number of ether oxygens (including phenoxy) is 1. The third kappa shape index (κ3) is 3.92. The van der Waals surface area contributed by atoms with E-state index in [1.165, 1.54) is 0 Å². The number of aryl methyl sites for hydroxylation is 2. The number of hydrogen-bond donors (Lipinski definition) is 1. The van der Waals surface area contributed by atoms with Crippen LogP contribution < -0.4 is 4.90 Å². The van der Waals surface area contributed by atoms with Gasteiger partial charge in [-0.1, -0.05) is 57.2 Å². The lowest BCUT2D eigenvalue weighted by Crippen LogP contribution is -2.59. The van der Waals surface area contributed by atoms with E-state index in [-0.39, 0.29) is 30.2 Å². The molecule has 4 heterocycles. The SMILES string of the molecule is CCCN1CC=C[C@H]2O[C@]34C=CCN(c5cc(C)ccc5C)C(=O)C3N([C@@H](CO)C(C)C)C(=O)[C@@H]4[C@H]2C1=O. The van der Waals surface area contributed by atoms with E-state index in [2.05, 4.69) is 0 Å². The lowest BCUT2D eigenvalue weighted by Gasteiger charge is -2.40. The zero-order chi connectivity index (χ0) is 27.4. The van der Waals surface area contributed by atoms with Crippen molar-refractivity contribution in [2.45, 2.75) is 64.8 Å². The fourth-order valence-corrected chi connectivity index (χ4v) is 6.80. The monoisotopic (exact) mass is 521 g/mol. The minimum Gasteiger partial charge on any atom is -0.394 e. The van der Waals surface area contributed by atoms with Crippen LogP contribution in [0.2, 0.25) is 0 Å². The summed E-state index contributed by atoms with van der Waals surface area (Å²) >= 11 is 0. The molecule has 3 amide bonds. The highest BCUT2D eigenvalue weighted by molar-refractivity contribution is 6.06. The maximum absolute atomic E-state index is 14.6. The average Bonchev–Trinajstić information content (AvgIpc) is 3.19. The van der Waals surface area contributed by atoms with E-state index in [9.17, 15) is 19.5 Å². The van der Waals surface area contributed by atoms with Crippen LogP contribution in [0.15, 0.2) is 42.5 Å². The topological polar surface area (TPSA) is 90.4 Å². The molecule has 0 aromatic heterocycles. The maximum Gasteiger partial charge on any atom is 0.253 e. The summed E-state index contributed by atoms with van der Waals surface area (Å²) in [6.45, 7) is 10.9. The van der Waals surface area contributed by atoms with E-state index < -0.39 is 35.6 Å². The van der Waals surface area contributed by atoms with Crippen LogP contribution in [0.4, 0.5) is 5.69 Å². The second kappa shape index (κ2) is 9.97. The predicted molar refractivity (Wildman–Crippen MR) is 144 cm³/mol. The molecule has 1 unspecified atom stereocenters. The van der Waals surface area contributed by atoms with Crippen molar-refractivity contribution in [1.29, 1.82) is 0 Å². The Balaban J connectivity index is 1.66. The van der Waals surface area contributed by atoms with Gasteiger partial charge in [-0.25, -0.2) is 0 Å². The lowest BCUT2D eigenvalue weighted by molar-refractivity contribution is -0.147. The predicted octanol–water partition coefficient (Wildman–Crippen LogP) is 2.61. The molecular weight excluding hydrogens is 482 g/mol. The summed E-state index contributed by atoms with van der Waals surface area (Å²) < 4.78 is 6.71. The molecule has 1 aromatic rings. The number of carbonyl (C=O) groups excluding carboxylic acids is 3. The third-order valence-electron chi connectivity index (χ3n) is 8.64. The quantitative estimate of drug-likeness (QED) is 0.582. The Labute approximate surface area is 224 Å². The summed E-state index contributed by atoms with van der Waals surface area (Å²) in [5, 5.41) is 10.4. The van der Waals surface area contributed by atoms with E-state index in [1.54, 1.807) is 14.7 Å². The summed E-state index contributed by atoms with van der Waals surface area (Å²) in [4.78, 5) is 47.9. The molecule has 0 radical (unpaired) electrons. The second-order valence-electron chi connectivity index (χ2n) is 11.4. The van der Waals surface area contributed by atoms with Crippen LogP contribution in [0.1, 0.15) is 38.3 Å². The van der Waals surface area contributed by atoms with Crippen molar-refractivity contribution < 1.29 is 24.2 Å². The minimum absolute atomic E-state index is 0.105. The van der Waals surface area contributed by atoms with Crippen LogP contribution in [-0.4, -0.2) is 82.7 Å². The first kappa shape index (κ1) is 26.6. The van der Waals surface area contributed by atoms with Gasteiger partial charge < -0.3 is 24.5 Å². The molecule has 4 aliphatic heterocycles. The average molecular weight is 522 g/mol. The Morgan fingerprint density at radius 2 is 1.84 bits per heavy atom. The zero-order valence-electron chi connectivity index (χ0n) is 23.0. The number of fused-ring (bicyclic) bond motifs is 2. The van der Waals surface area contributed by atoms with Crippen LogP contribution in [0.3, 0.4) is 0 Å². The fourth-order valence-electron chi connectivity index (χ4n) is 6.80. The van der Waals surface area contributed by atoms with E-state index in [0.717, 1.165) is 23.2 Å². The Morgan fingerprint density at radius 3 is 2.53 bits per heavy atom. The van der Waals surface area contributed by atoms with Gasteiger partial charge in [0.15, 0.2) is 0 Å². The van der Waals surface area contributed by atoms with Gasteiger partial charge in [0.05, 0.1) is 30.6 Å². The molecule has 8 heteroatoms. The van der Waals surface area contributed by atoms with Gasteiger partial charge in [0, 0.05) is 25.3 Å².